The van der Waals surface area contributed by atoms with E-state index in [1.165, 1.54) is 44.1 Å². The number of hydrogen-bond acceptors (Lipinski definition) is 2. The Morgan fingerprint density at radius 3 is 2.38 bits per heavy atom. The summed E-state index contributed by atoms with van der Waals surface area (Å²) in [5.41, 5.74) is 7.75. The van der Waals surface area contributed by atoms with Gasteiger partial charge in [0.25, 0.3) is 0 Å². The number of aromatic nitrogens is 1. The van der Waals surface area contributed by atoms with E-state index < -0.39 is 0 Å². The van der Waals surface area contributed by atoms with Gasteiger partial charge < -0.3 is 9.67 Å². The lowest BCUT2D eigenvalue weighted by atomic mass is 9.80. The van der Waals surface area contributed by atoms with Crippen LogP contribution in [0.2, 0.25) is 0 Å². The molecule has 2 atom stereocenters. The molecule has 6 rings (SSSR count). The Kier molecular flexibility index (Phi) is 5.44. The third-order valence-corrected chi connectivity index (χ3v) is 7.61. The molecule has 0 spiro atoms. The zero-order valence-corrected chi connectivity index (χ0v) is 19.6. The van der Waals surface area contributed by atoms with E-state index >= 15 is 0 Å². The average molecular weight is 447 g/mol. The van der Waals surface area contributed by atoms with Crippen molar-refractivity contribution in [2.75, 3.05) is 13.2 Å². The van der Waals surface area contributed by atoms with Crippen LogP contribution in [-0.2, 0) is 20.0 Å². The fraction of sp³-hybridized carbons (Fsp3) is 0.226. The van der Waals surface area contributed by atoms with E-state index in [0.717, 1.165) is 19.5 Å². The summed E-state index contributed by atoms with van der Waals surface area (Å²) in [6.07, 6.45) is 0.994. The first-order valence-corrected chi connectivity index (χ1v) is 12.2. The number of benzene rings is 4. The minimum atomic E-state index is 0.0492. The molecule has 0 saturated heterocycles. The second-order valence-corrected chi connectivity index (χ2v) is 9.49. The Morgan fingerprint density at radius 1 is 0.794 bits per heavy atom. The van der Waals surface area contributed by atoms with Crippen LogP contribution in [0.3, 0.4) is 0 Å². The SMILES string of the molecule is Cn1c2ccccc2c2cc([C@@H]3[C@@H](CO)c4ccccc4CN3CCc3ccccc3)ccc21. The molecule has 5 aromatic rings. The Bertz CT molecular complexity index is 1450. The highest BCUT2D eigenvalue weighted by molar-refractivity contribution is 6.08. The maximum absolute atomic E-state index is 10.6. The van der Waals surface area contributed by atoms with E-state index in [4.69, 9.17) is 0 Å². The van der Waals surface area contributed by atoms with E-state index in [1.54, 1.807) is 0 Å². The first kappa shape index (κ1) is 21.2. The van der Waals surface area contributed by atoms with E-state index in [9.17, 15) is 5.11 Å². The molecule has 1 N–H and O–H groups in total. The van der Waals surface area contributed by atoms with Gasteiger partial charge in [0.15, 0.2) is 0 Å². The highest BCUT2D eigenvalue weighted by Gasteiger charge is 2.35. The van der Waals surface area contributed by atoms with Crippen LogP contribution in [0.25, 0.3) is 21.8 Å². The summed E-state index contributed by atoms with van der Waals surface area (Å²) in [5, 5.41) is 13.2. The third kappa shape index (κ3) is 3.53. The van der Waals surface area contributed by atoms with Crippen molar-refractivity contribution in [3.63, 3.8) is 0 Å². The summed E-state index contributed by atoms with van der Waals surface area (Å²) >= 11 is 0. The average Bonchev–Trinajstić information content (AvgIpc) is 3.18. The van der Waals surface area contributed by atoms with Gasteiger partial charge in [-0.2, -0.15) is 0 Å². The van der Waals surface area contributed by atoms with E-state index in [-0.39, 0.29) is 18.6 Å². The van der Waals surface area contributed by atoms with Gasteiger partial charge in [-0.3, -0.25) is 4.90 Å². The monoisotopic (exact) mass is 446 g/mol. The summed E-state index contributed by atoms with van der Waals surface area (Å²) in [5.74, 6) is 0.0492. The third-order valence-electron chi connectivity index (χ3n) is 7.61. The number of aliphatic hydroxyl groups is 1. The smallest absolute Gasteiger partial charge is 0.0518 e. The number of para-hydroxylation sites is 1. The molecule has 1 aliphatic rings. The van der Waals surface area contributed by atoms with Crippen LogP contribution in [0.15, 0.2) is 97.1 Å². The van der Waals surface area contributed by atoms with Crippen LogP contribution in [0, 0.1) is 0 Å². The van der Waals surface area contributed by atoms with Crippen molar-refractivity contribution in [2.24, 2.45) is 7.05 Å². The topological polar surface area (TPSA) is 28.4 Å². The van der Waals surface area contributed by atoms with Gasteiger partial charge in [0, 0.05) is 53.9 Å². The molecule has 0 amide bonds. The fourth-order valence-corrected chi connectivity index (χ4v) is 5.93. The molecule has 4 aromatic carbocycles. The van der Waals surface area contributed by atoms with Crippen LogP contribution in [-0.4, -0.2) is 27.7 Å². The van der Waals surface area contributed by atoms with Crippen molar-refractivity contribution in [1.29, 1.82) is 0 Å². The molecule has 0 bridgehead atoms. The first-order valence-electron chi connectivity index (χ1n) is 12.2. The van der Waals surface area contributed by atoms with Crippen molar-refractivity contribution < 1.29 is 5.11 Å². The van der Waals surface area contributed by atoms with Crippen molar-refractivity contribution in [3.05, 3.63) is 119 Å². The van der Waals surface area contributed by atoms with E-state index in [0.29, 0.717) is 0 Å². The van der Waals surface area contributed by atoms with Gasteiger partial charge in [-0.1, -0.05) is 78.9 Å². The molecular formula is C31H30N2O. The Labute approximate surface area is 200 Å². The van der Waals surface area contributed by atoms with Gasteiger partial charge in [-0.15, -0.1) is 0 Å². The molecule has 0 unspecified atom stereocenters. The Morgan fingerprint density at radius 2 is 1.53 bits per heavy atom. The number of aryl methyl sites for hydroxylation is 1. The Balaban J connectivity index is 1.46. The molecule has 2 heterocycles. The Hall–Kier alpha value is -3.40. The summed E-state index contributed by atoms with van der Waals surface area (Å²) in [7, 11) is 2.14. The molecule has 3 nitrogen and oxygen atoms in total. The molecule has 0 saturated carbocycles. The maximum Gasteiger partial charge on any atom is 0.0518 e. The molecule has 1 aromatic heterocycles. The number of nitrogens with zero attached hydrogens (tertiary/aromatic N) is 2. The largest absolute Gasteiger partial charge is 0.396 e. The number of rotatable bonds is 5. The minimum Gasteiger partial charge on any atom is -0.396 e. The molecule has 0 radical (unpaired) electrons. The minimum absolute atomic E-state index is 0.0492. The lowest BCUT2D eigenvalue weighted by molar-refractivity contribution is 0.111. The predicted octanol–water partition coefficient (Wildman–Crippen LogP) is 6.21. The lowest BCUT2D eigenvalue weighted by Crippen LogP contribution is -2.39. The summed E-state index contributed by atoms with van der Waals surface area (Å²) < 4.78 is 2.28. The first-order chi connectivity index (χ1) is 16.7. The van der Waals surface area contributed by atoms with Crippen molar-refractivity contribution in [1.82, 2.24) is 9.47 Å². The van der Waals surface area contributed by atoms with Crippen molar-refractivity contribution in [2.45, 2.75) is 24.9 Å². The molecule has 34 heavy (non-hydrogen) atoms. The molecule has 170 valence electrons. The van der Waals surface area contributed by atoms with Gasteiger partial charge in [0.05, 0.1) is 6.61 Å². The molecule has 3 heteroatoms. The number of fused-ring (bicyclic) bond motifs is 4. The van der Waals surface area contributed by atoms with Gasteiger partial charge >= 0.3 is 0 Å². The van der Waals surface area contributed by atoms with Crippen molar-refractivity contribution >= 4 is 21.8 Å². The summed E-state index contributed by atoms with van der Waals surface area (Å²) in [6, 6.07) is 35.0. The second-order valence-electron chi connectivity index (χ2n) is 9.49. The van der Waals surface area contributed by atoms with Gasteiger partial charge in [0.2, 0.25) is 0 Å². The summed E-state index contributed by atoms with van der Waals surface area (Å²) in [4.78, 5) is 2.57. The molecule has 1 aliphatic heterocycles. The number of aliphatic hydroxyl groups excluding tert-OH is 1. The normalized spacial score (nSPS) is 18.4. The summed E-state index contributed by atoms with van der Waals surface area (Å²) in [6.45, 7) is 1.99. The van der Waals surface area contributed by atoms with Crippen molar-refractivity contribution in [3.8, 4) is 0 Å². The van der Waals surface area contributed by atoms with Gasteiger partial charge in [0.1, 0.15) is 0 Å². The van der Waals surface area contributed by atoms with Gasteiger partial charge in [-0.05, 0) is 46.9 Å². The highest BCUT2D eigenvalue weighted by Crippen LogP contribution is 2.43. The molecule has 0 fully saturated rings. The van der Waals surface area contributed by atoms with Crippen LogP contribution in [0.1, 0.15) is 34.2 Å². The molecular weight excluding hydrogens is 416 g/mol. The van der Waals surface area contributed by atoms with Crippen LogP contribution in [0.4, 0.5) is 0 Å². The van der Waals surface area contributed by atoms with Gasteiger partial charge in [-0.25, -0.2) is 0 Å². The second kappa shape index (κ2) is 8.75. The van der Waals surface area contributed by atoms with Crippen LogP contribution in [0.5, 0.6) is 0 Å². The quantitative estimate of drug-likeness (QED) is 0.348. The standard InChI is InChI=1S/C31H30N2O/c1-32-29-14-8-7-13-26(29)27-19-23(15-16-30(27)32)31-28(21-34)25-12-6-5-11-24(25)20-33(31)18-17-22-9-3-2-4-10-22/h2-16,19,28,31,34H,17-18,20-21H2,1H3/t28-,31+/m0/s1. The zero-order chi connectivity index (χ0) is 23.1. The highest BCUT2D eigenvalue weighted by atomic mass is 16.3. The number of hydrogen-bond donors (Lipinski definition) is 1. The lowest BCUT2D eigenvalue weighted by Gasteiger charge is -2.42. The van der Waals surface area contributed by atoms with E-state index in [2.05, 4.69) is 114 Å². The maximum atomic E-state index is 10.6. The zero-order valence-electron chi connectivity index (χ0n) is 19.6. The van der Waals surface area contributed by atoms with Crippen LogP contribution >= 0.6 is 0 Å². The van der Waals surface area contributed by atoms with Crippen LogP contribution < -0.4 is 0 Å². The predicted molar refractivity (Wildman–Crippen MR) is 140 cm³/mol. The van der Waals surface area contributed by atoms with E-state index in [1.807, 2.05) is 0 Å². The fourth-order valence-electron chi connectivity index (χ4n) is 5.93. The molecule has 0 aliphatic carbocycles.